The molecule has 238 valence electrons. The van der Waals surface area contributed by atoms with Crippen molar-refractivity contribution in [3.05, 3.63) is 59.2 Å². The first kappa shape index (κ1) is 31.7. The van der Waals surface area contributed by atoms with Gasteiger partial charge in [-0.2, -0.15) is 0 Å². The van der Waals surface area contributed by atoms with Crippen LogP contribution >= 0.6 is 0 Å². The van der Waals surface area contributed by atoms with E-state index in [1.165, 1.54) is 16.7 Å². The highest BCUT2D eigenvalue weighted by Crippen LogP contribution is 2.31. The molecule has 0 aromatic heterocycles. The molecular weight excluding hydrogens is 556 g/mol. The van der Waals surface area contributed by atoms with E-state index in [1.54, 1.807) is 23.6 Å². The van der Waals surface area contributed by atoms with Crippen LogP contribution in [0, 0.1) is 12.8 Å². The Balaban J connectivity index is 1.17. The molecule has 0 saturated carbocycles. The number of hydrogen-bond acceptors (Lipinski definition) is 6. The lowest BCUT2D eigenvalue weighted by Crippen LogP contribution is -2.57. The summed E-state index contributed by atoms with van der Waals surface area (Å²) in [7, 11) is 0. The van der Waals surface area contributed by atoms with Crippen molar-refractivity contribution in [3.63, 3.8) is 0 Å². The molecule has 3 amide bonds. The fourth-order valence-electron chi connectivity index (χ4n) is 6.42. The second-order valence-corrected chi connectivity index (χ2v) is 13.9. The van der Waals surface area contributed by atoms with E-state index in [2.05, 4.69) is 30.0 Å². The van der Waals surface area contributed by atoms with Gasteiger partial charge < -0.3 is 29.1 Å². The van der Waals surface area contributed by atoms with Crippen molar-refractivity contribution in [2.45, 2.75) is 78.6 Å². The summed E-state index contributed by atoms with van der Waals surface area (Å²) in [5, 5.41) is 0. The van der Waals surface area contributed by atoms with Crippen LogP contribution in [0.25, 0.3) is 0 Å². The fourth-order valence-corrected chi connectivity index (χ4v) is 6.42. The minimum atomic E-state index is -1.09. The molecular formula is C35H48N4O5. The van der Waals surface area contributed by atoms with E-state index in [4.69, 9.17) is 9.47 Å². The Morgan fingerprint density at radius 3 is 2.27 bits per heavy atom. The second-order valence-electron chi connectivity index (χ2n) is 13.9. The highest BCUT2D eigenvalue weighted by molar-refractivity contribution is 5.85. The van der Waals surface area contributed by atoms with Crippen LogP contribution in [0.15, 0.2) is 42.5 Å². The van der Waals surface area contributed by atoms with E-state index in [-0.39, 0.29) is 23.8 Å². The molecule has 0 unspecified atom stereocenters. The number of amides is 3. The molecule has 9 heteroatoms. The third kappa shape index (κ3) is 7.48. The Kier molecular flexibility index (Phi) is 9.14. The van der Waals surface area contributed by atoms with Gasteiger partial charge in [0, 0.05) is 64.1 Å². The number of ether oxygens (including phenoxy) is 2. The predicted octanol–water partition coefficient (Wildman–Crippen LogP) is 5.03. The molecule has 3 aliphatic heterocycles. The molecule has 44 heavy (non-hydrogen) atoms. The summed E-state index contributed by atoms with van der Waals surface area (Å²) in [6, 6.07) is 14.4. The SMILES string of the molecule is Cc1ccc2c(c1)CCN(C(=O)[C@@H]1CCCN(c3cccc(OC(C)(C)C(=O)N4CCN(C(=O)OC(C)(C)C)CC4)c3)C1)C2. The smallest absolute Gasteiger partial charge is 0.410 e. The van der Waals surface area contributed by atoms with Gasteiger partial charge in [-0.05, 0) is 84.1 Å². The van der Waals surface area contributed by atoms with Crippen LogP contribution in [0.4, 0.5) is 10.5 Å². The number of aryl methyl sites for hydroxylation is 1. The summed E-state index contributed by atoms with van der Waals surface area (Å²) in [6.45, 7) is 15.9. The molecule has 3 heterocycles. The van der Waals surface area contributed by atoms with Crippen molar-refractivity contribution < 1.29 is 23.9 Å². The van der Waals surface area contributed by atoms with Crippen molar-refractivity contribution >= 4 is 23.6 Å². The summed E-state index contributed by atoms with van der Waals surface area (Å²) < 4.78 is 11.8. The van der Waals surface area contributed by atoms with Gasteiger partial charge >= 0.3 is 6.09 Å². The zero-order chi connectivity index (χ0) is 31.6. The van der Waals surface area contributed by atoms with E-state index >= 15 is 0 Å². The highest BCUT2D eigenvalue weighted by Gasteiger charge is 2.37. The van der Waals surface area contributed by atoms with Crippen LogP contribution in [0.3, 0.4) is 0 Å². The molecule has 2 fully saturated rings. The molecule has 5 rings (SSSR count). The van der Waals surface area contributed by atoms with Crippen LogP contribution in [0.5, 0.6) is 5.75 Å². The van der Waals surface area contributed by atoms with E-state index in [1.807, 2.05) is 49.9 Å². The van der Waals surface area contributed by atoms with Gasteiger partial charge in [0.1, 0.15) is 11.4 Å². The topological polar surface area (TPSA) is 82.6 Å². The number of carbonyl (C=O) groups is 3. The van der Waals surface area contributed by atoms with Gasteiger partial charge in [0.05, 0.1) is 5.92 Å². The molecule has 0 aliphatic carbocycles. The zero-order valence-electron chi connectivity index (χ0n) is 27.2. The molecule has 0 spiro atoms. The molecule has 0 radical (unpaired) electrons. The Bertz CT molecular complexity index is 1380. The Morgan fingerprint density at radius 1 is 0.818 bits per heavy atom. The summed E-state index contributed by atoms with van der Waals surface area (Å²) in [6.07, 6.45) is 2.40. The number of piperazine rings is 1. The van der Waals surface area contributed by atoms with Gasteiger partial charge in [0.15, 0.2) is 5.60 Å². The van der Waals surface area contributed by atoms with E-state index in [0.29, 0.717) is 45.0 Å². The van der Waals surface area contributed by atoms with Gasteiger partial charge in [-0.15, -0.1) is 0 Å². The standard InChI is InChI=1S/C35H48N4O5/c1-25-12-13-27-23-39(16-14-26(27)21-25)31(40)28-9-8-15-38(24-28)29-10-7-11-30(22-29)43-35(5,6)32(41)36-17-19-37(20-18-36)33(42)44-34(2,3)4/h7,10-13,21-22,28H,8-9,14-20,23-24H2,1-6H3/t28-/m1/s1. The highest BCUT2D eigenvalue weighted by atomic mass is 16.6. The van der Waals surface area contributed by atoms with Gasteiger partial charge in [0.2, 0.25) is 5.91 Å². The zero-order valence-corrected chi connectivity index (χ0v) is 27.2. The third-order valence-corrected chi connectivity index (χ3v) is 8.75. The number of hydrogen-bond donors (Lipinski definition) is 0. The van der Waals surface area contributed by atoms with Crippen molar-refractivity contribution in [2.24, 2.45) is 5.92 Å². The second kappa shape index (κ2) is 12.7. The number of nitrogens with zero attached hydrogens (tertiary/aromatic N) is 4. The van der Waals surface area contributed by atoms with Crippen LogP contribution in [-0.2, 0) is 27.3 Å². The number of fused-ring (bicyclic) bond motifs is 1. The molecule has 2 aromatic carbocycles. The molecule has 2 saturated heterocycles. The molecule has 1 atom stereocenters. The van der Waals surface area contributed by atoms with Crippen molar-refractivity contribution in [1.82, 2.24) is 14.7 Å². The summed E-state index contributed by atoms with van der Waals surface area (Å²) in [4.78, 5) is 47.2. The third-order valence-electron chi connectivity index (χ3n) is 8.75. The quantitative estimate of drug-likeness (QED) is 0.476. The largest absolute Gasteiger partial charge is 0.478 e. The fraction of sp³-hybridized carbons (Fsp3) is 0.571. The normalized spacial score (nSPS) is 19.4. The van der Waals surface area contributed by atoms with Crippen LogP contribution in [0.1, 0.15) is 64.2 Å². The first-order valence-electron chi connectivity index (χ1n) is 16.0. The minimum Gasteiger partial charge on any atom is -0.478 e. The van der Waals surface area contributed by atoms with Crippen LogP contribution < -0.4 is 9.64 Å². The Morgan fingerprint density at radius 2 is 1.55 bits per heavy atom. The maximum atomic E-state index is 13.6. The Labute approximate surface area is 262 Å². The summed E-state index contributed by atoms with van der Waals surface area (Å²) >= 11 is 0. The molecule has 2 aromatic rings. The lowest BCUT2D eigenvalue weighted by atomic mass is 9.93. The molecule has 9 nitrogen and oxygen atoms in total. The monoisotopic (exact) mass is 604 g/mol. The van der Waals surface area contributed by atoms with E-state index < -0.39 is 11.2 Å². The maximum absolute atomic E-state index is 13.6. The average molecular weight is 605 g/mol. The van der Waals surface area contributed by atoms with E-state index in [9.17, 15) is 14.4 Å². The van der Waals surface area contributed by atoms with Gasteiger partial charge in [-0.25, -0.2) is 4.79 Å². The van der Waals surface area contributed by atoms with Crippen LogP contribution in [0.2, 0.25) is 0 Å². The Hall–Kier alpha value is -3.75. The maximum Gasteiger partial charge on any atom is 0.410 e. The van der Waals surface area contributed by atoms with Gasteiger partial charge in [-0.1, -0.05) is 29.8 Å². The molecule has 3 aliphatic rings. The summed E-state index contributed by atoms with van der Waals surface area (Å²) in [5.74, 6) is 0.697. The van der Waals surface area contributed by atoms with Crippen molar-refractivity contribution in [3.8, 4) is 5.75 Å². The molecule has 0 N–H and O–H groups in total. The number of carbonyl (C=O) groups excluding carboxylic acids is 3. The van der Waals surface area contributed by atoms with Gasteiger partial charge in [0.25, 0.3) is 5.91 Å². The number of anilines is 1. The average Bonchev–Trinajstić information content (AvgIpc) is 2.99. The lowest BCUT2D eigenvalue weighted by Gasteiger charge is -2.39. The summed E-state index contributed by atoms with van der Waals surface area (Å²) in [5.41, 5.74) is 3.24. The van der Waals surface area contributed by atoms with E-state index in [0.717, 1.165) is 38.0 Å². The first-order valence-corrected chi connectivity index (χ1v) is 16.0. The molecule has 0 bridgehead atoms. The van der Waals surface area contributed by atoms with Gasteiger partial charge in [-0.3, -0.25) is 9.59 Å². The number of piperidine rings is 1. The first-order chi connectivity index (χ1) is 20.8. The van der Waals surface area contributed by atoms with Crippen molar-refractivity contribution in [1.29, 1.82) is 0 Å². The minimum absolute atomic E-state index is 0.0438. The predicted molar refractivity (Wildman–Crippen MR) is 171 cm³/mol. The number of rotatable bonds is 5. The van der Waals surface area contributed by atoms with Crippen molar-refractivity contribution in [2.75, 3.05) is 50.7 Å². The lowest BCUT2D eigenvalue weighted by molar-refractivity contribution is -0.147. The number of benzene rings is 2. The van der Waals surface area contributed by atoms with Crippen LogP contribution in [-0.4, -0.2) is 89.6 Å².